The largest absolute Gasteiger partial charge is 0.480 e. The molecule has 1 unspecified atom stereocenters. The van der Waals surface area contributed by atoms with E-state index in [-0.39, 0.29) is 19.4 Å². The number of nitrogens with one attached hydrogen (secondary N) is 3. The smallest absolute Gasteiger partial charge is 0.321 e. The molecule has 1 rings (SSSR count). The third kappa shape index (κ3) is 6.45. The van der Waals surface area contributed by atoms with Gasteiger partial charge in [0.25, 0.3) is 0 Å². The van der Waals surface area contributed by atoms with Gasteiger partial charge in [0.15, 0.2) is 0 Å². The molecule has 0 fully saturated rings. The first kappa shape index (κ1) is 18.6. The summed E-state index contributed by atoms with van der Waals surface area (Å²) >= 11 is 0. The monoisotopic (exact) mass is 328 g/mol. The number of carboxylic acids is 3. The maximum atomic E-state index is 11.2. The summed E-state index contributed by atoms with van der Waals surface area (Å²) in [5, 5.41) is 32.2. The van der Waals surface area contributed by atoms with E-state index in [1.54, 1.807) is 0 Å². The second-order valence-corrected chi connectivity index (χ2v) is 5.03. The Labute approximate surface area is 131 Å². The van der Waals surface area contributed by atoms with E-state index in [2.05, 4.69) is 20.6 Å². The minimum Gasteiger partial charge on any atom is -0.480 e. The lowest BCUT2D eigenvalue weighted by molar-refractivity contribution is -0.142. The van der Waals surface area contributed by atoms with E-state index in [0.717, 1.165) is 0 Å². The van der Waals surface area contributed by atoms with Crippen LogP contribution >= 0.6 is 0 Å². The number of hydrogen-bond donors (Lipinski definition) is 6. The Hall–Kier alpha value is -2.46. The maximum Gasteiger partial charge on any atom is 0.321 e. The van der Waals surface area contributed by atoms with Crippen LogP contribution in [0, 0.1) is 0 Å². The van der Waals surface area contributed by atoms with Gasteiger partial charge < -0.3 is 25.6 Å². The number of H-pyrrole nitrogens is 1. The van der Waals surface area contributed by atoms with E-state index in [9.17, 15) is 14.4 Å². The van der Waals surface area contributed by atoms with Crippen LogP contribution < -0.4 is 10.6 Å². The molecule has 0 spiro atoms. The van der Waals surface area contributed by atoms with Gasteiger partial charge in [0, 0.05) is 18.3 Å². The second kappa shape index (κ2) is 8.86. The van der Waals surface area contributed by atoms with Crippen molar-refractivity contribution in [1.82, 2.24) is 20.6 Å². The highest BCUT2D eigenvalue weighted by Gasteiger charge is 2.24. The molecule has 0 bridgehead atoms. The van der Waals surface area contributed by atoms with Gasteiger partial charge in [-0.3, -0.25) is 19.7 Å². The molecular formula is C13H20N4O6. The van der Waals surface area contributed by atoms with E-state index in [1.165, 1.54) is 19.4 Å². The number of carboxylic acid groups (broad SMARTS) is 3. The quantitative estimate of drug-likeness (QED) is 0.296. The van der Waals surface area contributed by atoms with Gasteiger partial charge in [-0.25, -0.2) is 4.98 Å². The van der Waals surface area contributed by atoms with Gasteiger partial charge >= 0.3 is 17.9 Å². The summed E-state index contributed by atoms with van der Waals surface area (Å²) in [5.41, 5.74) is 0.636. The highest BCUT2D eigenvalue weighted by Crippen LogP contribution is 2.01. The predicted octanol–water partition coefficient (Wildman–Crippen LogP) is -1.10. The predicted molar refractivity (Wildman–Crippen MR) is 78.0 cm³/mol. The van der Waals surface area contributed by atoms with Gasteiger partial charge in [-0.05, 0) is 19.9 Å². The first-order valence-electron chi connectivity index (χ1n) is 6.96. The number of imidazole rings is 1. The van der Waals surface area contributed by atoms with Crippen molar-refractivity contribution < 1.29 is 29.7 Å². The molecule has 23 heavy (non-hydrogen) atoms. The van der Waals surface area contributed by atoms with Gasteiger partial charge in [-0.2, -0.15) is 0 Å². The van der Waals surface area contributed by atoms with Crippen molar-refractivity contribution in [2.75, 3.05) is 6.54 Å². The molecule has 0 aliphatic rings. The zero-order chi connectivity index (χ0) is 17.4. The van der Waals surface area contributed by atoms with Crippen molar-refractivity contribution in [2.24, 2.45) is 0 Å². The fourth-order valence-electron chi connectivity index (χ4n) is 1.92. The third-order valence-corrected chi connectivity index (χ3v) is 3.22. The lowest BCUT2D eigenvalue weighted by Gasteiger charge is -2.19. The number of rotatable bonds is 11. The van der Waals surface area contributed by atoms with Crippen LogP contribution in [0.5, 0.6) is 0 Å². The van der Waals surface area contributed by atoms with E-state index in [0.29, 0.717) is 5.69 Å². The summed E-state index contributed by atoms with van der Waals surface area (Å²) in [7, 11) is 0. The highest BCUT2D eigenvalue weighted by atomic mass is 16.4. The van der Waals surface area contributed by atoms with Crippen LogP contribution in [0.1, 0.15) is 19.0 Å². The van der Waals surface area contributed by atoms with Crippen molar-refractivity contribution in [2.45, 2.75) is 37.9 Å². The molecule has 1 aromatic rings. The minimum absolute atomic E-state index is 0.0414. The molecule has 6 N–H and O–H groups in total. The van der Waals surface area contributed by atoms with Crippen LogP contribution in [0.4, 0.5) is 0 Å². The van der Waals surface area contributed by atoms with Crippen LogP contribution in [-0.2, 0) is 20.8 Å². The van der Waals surface area contributed by atoms with Crippen LogP contribution in [0.2, 0.25) is 0 Å². The van der Waals surface area contributed by atoms with E-state index in [1.807, 2.05) is 0 Å². The number of aromatic amines is 1. The zero-order valence-corrected chi connectivity index (χ0v) is 12.5. The number of aromatic nitrogens is 2. The normalized spacial score (nSPS) is 14.8. The fraction of sp³-hybridized carbons (Fsp3) is 0.538. The molecule has 10 heteroatoms. The maximum absolute atomic E-state index is 11.2. The lowest BCUT2D eigenvalue weighted by Crippen LogP contribution is -2.48. The fourth-order valence-corrected chi connectivity index (χ4v) is 1.92. The molecule has 0 radical (unpaired) electrons. The number of carbonyl (C=O) groups is 3. The third-order valence-electron chi connectivity index (χ3n) is 3.22. The Morgan fingerprint density at radius 3 is 2.30 bits per heavy atom. The molecule has 0 aliphatic carbocycles. The van der Waals surface area contributed by atoms with Crippen molar-refractivity contribution >= 4 is 17.9 Å². The van der Waals surface area contributed by atoms with Gasteiger partial charge in [0.2, 0.25) is 0 Å². The molecule has 10 nitrogen and oxygen atoms in total. The highest BCUT2D eigenvalue weighted by molar-refractivity contribution is 5.77. The standard InChI is InChI=1S/C13H20N4O6/c1-7(11(18)19)17-9(12(20)21)2-3-15-10(13(22)23)4-8-5-14-6-16-8/h5-7,9-10,15,17H,2-4H2,1H3,(H,14,16)(H,18,19)(H,20,21)(H,22,23)/t7?,9-,10+/m0/s1. The summed E-state index contributed by atoms with van der Waals surface area (Å²) in [6.07, 6.45) is 3.16. The van der Waals surface area contributed by atoms with Crippen LogP contribution in [0.15, 0.2) is 12.5 Å². The topological polar surface area (TPSA) is 165 Å². The zero-order valence-electron chi connectivity index (χ0n) is 12.5. The summed E-state index contributed by atoms with van der Waals surface area (Å²) in [5.74, 6) is -3.43. The number of hydrogen-bond acceptors (Lipinski definition) is 6. The molecular weight excluding hydrogens is 308 g/mol. The first-order chi connectivity index (χ1) is 10.8. The summed E-state index contributed by atoms with van der Waals surface area (Å²) < 4.78 is 0. The Kier molecular flexibility index (Phi) is 7.16. The van der Waals surface area contributed by atoms with Crippen LogP contribution in [0.25, 0.3) is 0 Å². The molecule has 128 valence electrons. The van der Waals surface area contributed by atoms with E-state index < -0.39 is 36.0 Å². The molecule has 0 aliphatic heterocycles. The average Bonchev–Trinajstić information content (AvgIpc) is 2.97. The van der Waals surface area contributed by atoms with Crippen molar-refractivity contribution in [3.8, 4) is 0 Å². The van der Waals surface area contributed by atoms with Crippen molar-refractivity contribution in [1.29, 1.82) is 0 Å². The Bertz CT molecular complexity index is 533. The Balaban J connectivity index is 2.50. The minimum atomic E-state index is -1.19. The van der Waals surface area contributed by atoms with Gasteiger partial charge in [-0.1, -0.05) is 0 Å². The molecule has 0 amide bonds. The average molecular weight is 328 g/mol. The SMILES string of the molecule is CC(N[C@@H](CCN[C@H](Cc1cnc[nH]1)C(=O)O)C(=O)O)C(=O)O. The molecule has 1 heterocycles. The van der Waals surface area contributed by atoms with E-state index in [4.69, 9.17) is 15.3 Å². The Morgan fingerprint density at radius 2 is 1.83 bits per heavy atom. The second-order valence-electron chi connectivity index (χ2n) is 5.03. The molecule has 0 aromatic carbocycles. The van der Waals surface area contributed by atoms with Gasteiger partial charge in [0.05, 0.1) is 6.33 Å². The molecule has 1 aromatic heterocycles. The van der Waals surface area contributed by atoms with Crippen LogP contribution in [0.3, 0.4) is 0 Å². The summed E-state index contributed by atoms with van der Waals surface area (Å²) in [6.45, 7) is 1.44. The van der Waals surface area contributed by atoms with E-state index >= 15 is 0 Å². The lowest BCUT2D eigenvalue weighted by atomic mass is 10.1. The van der Waals surface area contributed by atoms with Crippen molar-refractivity contribution in [3.63, 3.8) is 0 Å². The van der Waals surface area contributed by atoms with Crippen molar-refractivity contribution in [3.05, 3.63) is 18.2 Å². The molecule has 3 atom stereocenters. The number of nitrogens with zero attached hydrogens (tertiary/aromatic N) is 1. The summed E-state index contributed by atoms with van der Waals surface area (Å²) in [6, 6.07) is -3.01. The Morgan fingerprint density at radius 1 is 1.17 bits per heavy atom. The first-order valence-corrected chi connectivity index (χ1v) is 6.96. The van der Waals surface area contributed by atoms with Gasteiger partial charge in [-0.15, -0.1) is 0 Å². The molecule has 0 saturated carbocycles. The van der Waals surface area contributed by atoms with Gasteiger partial charge in [0.1, 0.15) is 18.1 Å². The summed E-state index contributed by atoms with van der Waals surface area (Å²) in [4.78, 5) is 39.6. The number of aliphatic carboxylic acids is 3. The molecule has 0 saturated heterocycles. The van der Waals surface area contributed by atoms with Crippen LogP contribution in [-0.4, -0.2) is 67.9 Å².